The molecular formula is C38H65N3O24S. The van der Waals surface area contributed by atoms with Crippen LogP contribution >= 0.6 is 12.6 Å². The molecule has 21 atom stereocenters. The molecule has 4 heterocycles. The number of hydrogen-bond acceptors (Lipinski definition) is 24. The number of carboxylic acid groups (broad SMARTS) is 1. The lowest BCUT2D eigenvalue weighted by atomic mass is 9.88. The molecule has 66 heavy (non-hydrogen) atoms. The highest BCUT2D eigenvalue weighted by Gasteiger charge is 2.61. The molecule has 3 amide bonds. The van der Waals surface area contributed by atoms with Gasteiger partial charge in [0, 0.05) is 33.2 Å². The topological polar surface area (TPSA) is 421 Å². The van der Waals surface area contributed by atoms with E-state index >= 15 is 0 Å². The van der Waals surface area contributed by atoms with Crippen molar-refractivity contribution in [1.82, 2.24) is 16.0 Å². The summed E-state index contributed by atoms with van der Waals surface area (Å²) in [6.07, 6.45) is -33.8. The molecule has 0 aromatic heterocycles. The van der Waals surface area contributed by atoms with Gasteiger partial charge < -0.3 is 115 Å². The molecule has 15 N–H and O–H groups in total. The number of amides is 3. The highest BCUT2D eigenvalue weighted by molar-refractivity contribution is 7.80. The molecule has 382 valence electrons. The molecule has 0 aromatic carbocycles. The van der Waals surface area contributed by atoms with E-state index in [1.54, 1.807) is 0 Å². The van der Waals surface area contributed by atoms with Gasteiger partial charge in [0.1, 0.15) is 85.4 Å². The number of carbonyl (C=O) groups excluding carboxylic acids is 3. The van der Waals surface area contributed by atoms with Crippen LogP contribution in [-0.2, 0) is 57.1 Å². The van der Waals surface area contributed by atoms with E-state index < -0.39 is 172 Å². The molecule has 4 aliphatic heterocycles. The summed E-state index contributed by atoms with van der Waals surface area (Å²) in [6, 6.07) is -3.10. The van der Waals surface area contributed by atoms with E-state index in [1.165, 1.54) is 6.92 Å². The molecule has 4 rings (SSSR count). The number of rotatable bonds is 22. The second-order valence-electron chi connectivity index (χ2n) is 16.4. The van der Waals surface area contributed by atoms with Gasteiger partial charge >= 0.3 is 5.97 Å². The summed E-state index contributed by atoms with van der Waals surface area (Å²) in [5, 5.41) is 136. The maximum absolute atomic E-state index is 13.0. The standard InChI is InChI=1S/C38H65N3O24S/c1-14-24(50)27(53)28(54)35(59-14)63-32-23(41-16(3)46)34(58-8-5-7-39-21(49)6-4-9-66)61-20(13-44)30(32)62-36-29(55)33(26(52)19(12-43)60-36)65-38(37(56)57)10-17(47)22(40-15(2)45)31(64-38)25(51)18(48)11-42/h14,17-20,22-36,42-44,47-48,50-55,66H,4-13H2,1-3H3,(H,39,49)(H,40,45)(H,41,46)(H,56,57)/t14-,17-,18+,19+,20+,22+,23+,24+,25+,26-,27+,28-,29+,30+,31+,32+,33-,34+,35-,36-,38-/m0/s1. The van der Waals surface area contributed by atoms with Gasteiger partial charge in [0.2, 0.25) is 17.7 Å². The van der Waals surface area contributed by atoms with Crippen molar-refractivity contribution >= 4 is 36.3 Å². The lowest BCUT2D eigenvalue weighted by Crippen LogP contribution is -2.71. The van der Waals surface area contributed by atoms with Crippen molar-refractivity contribution in [2.24, 2.45) is 0 Å². The Hall–Kier alpha value is -2.53. The van der Waals surface area contributed by atoms with E-state index in [1.807, 2.05) is 0 Å². The molecule has 0 unspecified atom stereocenters. The highest BCUT2D eigenvalue weighted by Crippen LogP contribution is 2.39. The second kappa shape index (κ2) is 25.4. The third-order valence-corrected chi connectivity index (χ3v) is 11.7. The third kappa shape index (κ3) is 13.6. The van der Waals surface area contributed by atoms with Gasteiger partial charge in [0.25, 0.3) is 5.79 Å². The van der Waals surface area contributed by atoms with Crippen molar-refractivity contribution in [3.63, 3.8) is 0 Å². The fraction of sp³-hybridized carbons (Fsp3) is 0.895. The van der Waals surface area contributed by atoms with Gasteiger partial charge in [-0.3, -0.25) is 14.4 Å². The van der Waals surface area contributed by atoms with Crippen molar-refractivity contribution in [3.8, 4) is 0 Å². The van der Waals surface area contributed by atoms with E-state index in [9.17, 15) is 80.5 Å². The molecule has 0 saturated carbocycles. The molecule has 0 spiro atoms. The average molecular weight is 980 g/mol. The quantitative estimate of drug-likeness (QED) is 0.0354. The van der Waals surface area contributed by atoms with Gasteiger partial charge in [0.05, 0.1) is 44.7 Å². The summed E-state index contributed by atoms with van der Waals surface area (Å²) in [4.78, 5) is 49.9. The van der Waals surface area contributed by atoms with Crippen LogP contribution in [0.25, 0.3) is 0 Å². The summed E-state index contributed by atoms with van der Waals surface area (Å²) in [5.74, 6) is -6.39. The number of aliphatic hydroxyl groups is 11. The molecule has 27 nitrogen and oxygen atoms in total. The number of hydrogen-bond donors (Lipinski definition) is 16. The second-order valence-corrected chi connectivity index (χ2v) is 16.9. The number of aliphatic carboxylic acids is 1. The van der Waals surface area contributed by atoms with Crippen LogP contribution in [0.1, 0.15) is 46.5 Å². The van der Waals surface area contributed by atoms with E-state index in [-0.39, 0.29) is 31.9 Å². The summed E-state index contributed by atoms with van der Waals surface area (Å²) < 4.78 is 47.1. The summed E-state index contributed by atoms with van der Waals surface area (Å²) in [7, 11) is 0. The van der Waals surface area contributed by atoms with Gasteiger partial charge in [-0.1, -0.05) is 0 Å². The Labute approximate surface area is 383 Å². The zero-order valence-electron chi connectivity index (χ0n) is 36.3. The number of carboxylic acids is 1. The zero-order valence-corrected chi connectivity index (χ0v) is 37.2. The number of nitrogens with one attached hydrogen (secondary N) is 3. The van der Waals surface area contributed by atoms with E-state index in [0.29, 0.717) is 12.2 Å². The third-order valence-electron chi connectivity index (χ3n) is 11.4. The van der Waals surface area contributed by atoms with Crippen molar-refractivity contribution in [3.05, 3.63) is 0 Å². The van der Waals surface area contributed by atoms with Crippen LogP contribution in [0, 0.1) is 0 Å². The molecular weight excluding hydrogens is 914 g/mol. The predicted octanol–water partition coefficient (Wildman–Crippen LogP) is -7.99. The molecule has 0 radical (unpaired) electrons. The van der Waals surface area contributed by atoms with Crippen molar-refractivity contribution in [1.29, 1.82) is 0 Å². The SMILES string of the molecule is CC(=O)N[C@H]1[C@H](OCCCNC(=O)CCCS)O[C@H](CO)[C@@H](O[C@@H]2O[C@H](CO)[C@H](O)[C@H](O[C@]3(C(=O)O)C[C@H](O)[C@@H](NC(C)=O)[C@H]([C@H](O)[C@H](O)CO)O3)[C@H]2O)[C@@H]1O[C@@H]1O[C@@H](C)[C@@H](O)[C@@H](O)[C@@H]1O. The predicted molar refractivity (Wildman–Crippen MR) is 217 cm³/mol. The molecule has 0 aliphatic carbocycles. The Morgan fingerprint density at radius 1 is 0.758 bits per heavy atom. The average Bonchev–Trinajstić information content (AvgIpc) is 3.27. The highest BCUT2D eigenvalue weighted by atomic mass is 32.1. The first-order valence-corrected chi connectivity index (χ1v) is 21.9. The lowest BCUT2D eigenvalue weighted by Gasteiger charge is -2.51. The largest absolute Gasteiger partial charge is 0.477 e. The first-order chi connectivity index (χ1) is 31.1. The summed E-state index contributed by atoms with van der Waals surface area (Å²) >= 11 is 4.09. The zero-order chi connectivity index (χ0) is 49.2. The van der Waals surface area contributed by atoms with Crippen LogP contribution in [0.4, 0.5) is 0 Å². The number of aliphatic hydroxyl groups excluding tert-OH is 11. The Kier molecular flexibility index (Phi) is 21.5. The van der Waals surface area contributed by atoms with Gasteiger partial charge in [-0.15, -0.1) is 0 Å². The Balaban J connectivity index is 1.71. The summed E-state index contributed by atoms with van der Waals surface area (Å²) in [6.45, 7) is 0.417. The van der Waals surface area contributed by atoms with Crippen LogP contribution in [-0.4, -0.2) is 252 Å². The monoisotopic (exact) mass is 979 g/mol. The van der Waals surface area contributed by atoms with E-state index in [2.05, 4.69) is 28.6 Å². The van der Waals surface area contributed by atoms with Crippen LogP contribution in [0.2, 0.25) is 0 Å². The minimum Gasteiger partial charge on any atom is -0.477 e. The van der Waals surface area contributed by atoms with Crippen molar-refractivity contribution < 1.29 is 118 Å². The number of carbonyl (C=O) groups is 4. The van der Waals surface area contributed by atoms with Crippen LogP contribution in [0.3, 0.4) is 0 Å². The van der Waals surface area contributed by atoms with E-state index in [0.717, 1.165) is 13.8 Å². The summed E-state index contributed by atoms with van der Waals surface area (Å²) in [5.41, 5.74) is 0. The van der Waals surface area contributed by atoms with Gasteiger partial charge in [0.15, 0.2) is 18.9 Å². The van der Waals surface area contributed by atoms with Crippen LogP contribution in [0.5, 0.6) is 0 Å². The fourth-order valence-electron chi connectivity index (χ4n) is 7.94. The van der Waals surface area contributed by atoms with Gasteiger partial charge in [-0.2, -0.15) is 12.6 Å². The molecule has 0 aromatic rings. The lowest BCUT2D eigenvalue weighted by molar-refractivity contribution is -0.391. The Morgan fingerprint density at radius 3 is 1.95 bits per heavy atom. The minimum absolute atomic E-state index is 0.126. The van der Waals surface area contributed by atoms with Crippen molar-refractivity contribution in [2.45, 2.75) is 175 Å². The Morgan fingerprint density at radius 2 is 1.36 bits per heavy atom. The fourth-order valence-corrected chi connectivity index (χ4v) is 8.10. The number of thiol groups is 1. The Bertz CT molecular complexity index is 1580. The maximum atomic E-state index is 13.0. The van der Waals surface area contributed by atoms with E-state index in [4.69, 9.17) is 37.9 Å². The minimum atomic E-state index is -3.14. The van der Waals surface area contributed by atoms with Crippen molar-refractivity contribution in [2.75, 3.05) is 38.7 Å². The molecule has 0 bridgehead atoms. The maximum Gasteiger partial charge on any atom is 0.364 e. The number of ether oxygens (including phenoxy) is 8. The normalized spacial score (nSPS) is 40.5. The smallest absolute Gasteiger partial charge is 0.364 e. The molecule has 4 saturated heterocycles. The first-order valence-electron chi connectivity index (χ1n) is 21.3. The van der Waals surface area contributed by atoms with Gasteiger partial charge in [-0.25, -0.2) is 4.79 Å². The van der Waals surface area contributed by atoms with Gasteiger partial charge in [-0.05, 0) is 25.5 Å². The molecule has 4 aliphatic rings. The molecule has 28 heteroatoms. The van der Waals surface area contributed by atoms with Crippen LogP contribution in [0.15, 0.2) is 0 Å². The molecule has 4 fully saturated rings. The van der Waals surface area contributed by atoms with Crippen LogP contribution < -0.4 is 16.0 Å². The first kappa shape index (κ1) is 56.1.